The molecular formula is C15H9BrN2O3S2. The molecule has 1 aromatic carbocycles. The van der Waals surface area contributed by atoms with E-state index in [4.69, 9.17) is 16.6 Å². The lowest BCUT2D eigenvalue weighted by Crippen LogP contribution is -2.44. The number of carbonyl (C=O) groups is 2. The van der Waals surface area contributed by atoms with Crippen LogP contribution in [0.25, 0.3) is 6.08 Å². The molecule has 3 rings (SSSR count). The topological polar surface area (TPSA) is 62.6 Å². The number of rotatable bonds is 3. The quantitative estimate of drug-likeness (QED) is 0.620. The predicted molar refractivity (Wildman–Crippen MR) is 95.3 cm³/mol. The van der Waals surface area contributed by atoms with E-state index in [1.165, 1.54) is 6.26 Å². The van der Waals surface area contributed by atoms with Gasteiger partial charge in [-0.3, -0.25) is 15.0 Å². The lowest BCUT2D eigenvalue weighted by Gasteiger charge is -2.15. The summed E-state index contributed by atoms with van der Waals surface area (Å²) in [7, 11) is 0. The van der Waals surface area contributed by atoms with Gasteiger partial charge in [0.1, 0.15) is 5.76 Å². The van der Waals surface area contributed by atoms with E-state index in [1.54, 1.807) is 42.5 Å². The predicted octanol–water partition coefficient (Wildman–Crippen LogP) is 3.59. The molecule has 23 heavy (non-hydrogen) atoms. The minimum atomic E-state index is -0.409. The van der Waals surface area contributed by atoms with Crippen LogP contribution in [-0.4, -0.2) is 21.1 Å². The molecule has 0 radical (unpaired) electrons. The molecule has 1 N–H and O–H groups in total. The van der Waals surface area contributed by atoms with Crippen LogP contribution in [0.4, 0.5) is 0 Å². The first kappa shape index (κ1) is 16.0. The fourth-order valence-corrected chi connectivity index (χ4v) is 3.26. The van der Waals surface area contributed by atoms with E-state index in [1.807, 2.05) is 0 Å². The Balaban J connectivity index is 1.75. The average molecular weight is 409 g/mol. The van der Waals surface area contributed by atoms with Crippen molar-refractivity contribution in [2.45, 2.75) is 0 Å². The second-order valence-corrected chi connectivity index (χ2v) is 7.07. The van der Waals surface area contributed by atoms with Gasteiger partial charge in [0, 0.05) is 16.1 Å². The number of halogens is 1. The minimum Gasteiger partial charge on any atom is -0.465 e. The summed E-state index contributed by atoms with van der Waals surface area (Å²) in [6.45, 7) is 0. The van der Waals surface area contributed by atoms with E-state index in [2.05, 4.69) is 21.4 Å². The fraction of sp³-hybridized carbons (Fsp3) is 0. The van der Waals surface area contributed by atoms with E-state index in [-0.39, 0.29) is 10.2 Å². The van der Waals surface area contributed by atoms with Gasteiger partial charge in [0.15, 0.2) is 4.32 Å². The number of hydrazine groups is 1. The zero-order chi connectivity index (χ0) is 16.4. The van der Waals surface area contributed by atoms with Crippen molar-refractivity contribution in [3.8, 4) is 0 Å². The van der Waals surface area contributed by atoms with Crippen LogP contribution in [0.3, 0.4) is 0 Å². The van der Waals surface area contributed by atoms with Crippen molar-refractivity contribution in [3.63, 3.8) is 0 Å². The van der Waals surface area contributed by atoms with Crippen LogP contribution in [-0.2, 0) is 4.79 Å². The number of amides is 2. The standard InChI is InChI=1S/C15H9BrN2O3S2/c16-10-5-3-9(4-6-10)13(19)17-18-14(20)12(23-15(18)22)8-11-2-1-7-21-11/h1-8H,(H,17,19)/b12-8+. The summed E-state index contributed by atoms with van der Waals surface area (Å²) in [5, 5.41) is 1.07. The van der Waals surface area contributed by atoms with Gasteiger partial charge in [0.25, 0.3) is 11.8 Å². The van der Waals surface area contributed by atoms with E-state index in [0.717, 1.165) is 21.2 Å². The molecule has 0 atom stereocenters. The van der Waals surface area contributed by atoms with Gasteiger partial charge in [-0.2, -0.15) is 5.01 Å². The molecule has 2 heterocycles. The van der Waals surface area contributed by atoms with Gasteiger partial charge in [-0.05, 0) is 48.6 Å². The smallest absolute Gasteiger partial charge is 0.285 e. The third-order valence-electron chi connectivity index (χ3n) is 2.93. The Morgan fingerprint density at radius 1 is 1.30 bits per heavy atom. The summed E-state index contributed by atoms with van der Waals surface area (Å²) < 4.78 is 6.30. The van der Waals surface area contributed by atoms with Crippen LogP contribution in [0.5, 0.6) is 0 Å². The molecule has 1 aromatic heterocycles. The zero-order valence-corrected chi connectivity index (χ0v) is 14.7. The first-order valence-electron chi connectivity index (χ1n) is 6.42. The van der Waals surface area contributed by atoms with Gasteiger partial charge in [0.05, 0.1) is 11.2 Å². The zero-order valence-electron chi connectivity index (χ0n) is 11.5. The molecule has 8 heteroatoms. The highest BCUT2D eigenvalue weighted by atomic mass is 79.9. The van der Waals surface area contributed by atoms with Crippen LogP contribution in [0.2, 0.25) is 0 Å². The first-order chi connectivity index (χ1) is 11.0. The molecule has 1 aliphatic rings. The van der Waals surface area contributed by atoms with Crippen LogP contribution in [0.15, 0.2) is 56.5 Å². The van der Waals surface area contributed by atoms with Crippen molar-refractivity contribution >= 4 is 62.1 Å². The molecule has 0 spiro atoms. The summed E-state index contributed by atoms with van der Waals surface area (Å²) in [5.74, 6) is -0.250. The summed E-state index contributed by atoms with van der Waals surface area (Å²) >= 11 is 9.56. The normalized spacial score (nSPS) is 16.2. The molecule has 1 aliphatic heterocycles. The molecule has 0 saturated carbocycles. The monoisotopic (exact) mass is 408 g/mol. The summed E-state index contributed by atoms with van der Waals surface area (Å²) in [6.07, 6.45) is 3.10. The lowest BCUT2D eigenvalue weighted by atomic mass is 10.2. The van der Waals surface area contributed by atoms with E-state index in [0.29, 0.717) is 16.2 Å². The highest BCUT2D eigenvalue weighted by Gasteiger charge is 2.34. The number of thiocarbonyl (C=S) groups is 1. The van der Waals surface area contributed by atoms with E-state index < -0.39 is 5.91 Å². The molecule has 0 unspecified atom stereocenters. The Hall–Kier alpha value is -1.90. The average Bonchev–Trinajstić information content (AvgIpc) is 3.12. The number of benzene rings is 1. The Morgan fingerprint density at radius 2 is 2.04 bits per heavy atom. The summed E-state index contributed by atoms with van der Waals surface area (Å²) in [6, 6.07) is 10.2. The van der Waals surface area contributed by atoms with Crippen LogP contribution < -0.4 is 5.43 Å². The van der Waals surface area contributed by atoms with Crippen LogP contribution >= 0.6 is 39.9 Å². The fourth-order valence-electron chi connectivity index (χ4n) is 1.83. The van der Waals surface area contributed by atoms with Gasteiger partial charge < -0.3 is 4.42 Å². The largest absolute Gasteiger partial charge is 0.465 e. The maximum Gasteiger partial charge on any atom is 0.285 e. The van der Waals surface area contributed by atoms with Crippen LogP contribution in [0, 0.1) is 0 Å². The number of carbonyl (C=O) groups excluding carboxylic acids is 2. The van der Waals surface area contributed by atoms with Crippen molar-refractivity contribution in [2.24, 2.45) is 0 Å². The maximum atomic E-state index is 12.3. The Labute approximate surface area is 149 Å². The molecular weight excluding hydrogens is 400 g/mol. The van der Waals surface area contributed by atoms with E-state index >= 15 is 0 Å². The Kier molecular flexibility index (Phi) is 4.65. The molecule has 0 aliphatic carbocycles. The minimum absolute atomic E-state index is 0.262. The Bertz CT molecular complexity index is 801. The van der Waals surface area contributed by atoms with E-state index in [9.17, 15) is 9.59 Å². The third-order valence-corrected chi connectivity index (χ3v) is 4.76. The summed E-state index contributed by atoms with van der Waals surface area (Å²) in [4.78, 5) is 24.9. The van der Waals surface area contributed by atoms with Crippen molar-refractivity contribution in [3.05, 3.63) is 63.4 Å². The molecule has 0 bridgehead atoms. The second-order valence-electron chi connectivity index (χ2n) is 4.48. The van der Waals surface area contributed by atoms with Crippen molar-refractivity contribution in [1.29, 1.82) is 0 Å². The van der Waals surface area contributed by atoms with Gasteiger partial charge in [-0.1, -0.05) is 27.7 Å². The lowest BCUT2D eigenvalue weighted by molar-refractivity contribution is -0.123. The highest BCUT2D eigenvalue weighted by Crippen LogP contribution is 2.31. The molecule has 1 saturated heterocycles. The molecule has 2 aromatic rings. The number of nitrogens with zero attached hydrogens (tertiary/aromatic N) is 1. The number of hydrogen-bond donors (Lipinski definition) is 1. The molecule has 2 amide bonds. The van der Waals surface area contributed by atoms with Gasteiger partial charge in [0.2, 0.25) is 0 Å². The Morgan fingerprint density at radius 3 is 2.70 bits per heavy atom. The molecule has 1 fully saturated rings. The SMILES string of the molecule is O=C(NN1C(=O)/C(=C\c2ccco2)SC1=S)c1ccc(Br)cc1. The van der Waals surface area contributed by atoms with Crippen LogP contribution in [0.1, 0.15) is 16.1 Å². The van der Waals surface area contributed by atoms with Gasteiger partial charge in [-0.15, -0.1) is 0 Å². The van der Waals surface area contributed by atoms with Crippen molar-refractivity contribution in [1.82, 2.24) is 10.4 Å². The summed E-state index contributed by atoms with van der Waals surface area (Å²) in [5.41, 5.74) is 2.95. The number of hydrogen-bond acceptors (Lipinski definition) is 5. The van der Waals surface area contributed by atoms with Gasteiger partial charge in [-0.25, -0.2) is 0 Å². The number of furan rings is 1. The molecule has 116 valence electrons. The second kappa shape index (κ2) is 6.69. The number of thioether (sulfide) groups is 1. The number of nitrogens with one attached hydrogen (secondary N) is 1. The van der Waals surface area contributed by atoms with Crippen molar-refractivity contribution < 1.29 is 14.0 Å². The third kappa shape index (κ3) is 3.54. The first-order valence-corrected chi connectivity index (χ1v) is 8.44. The molecule has 5 nitrogen and oxygen atoms in total. The highest BCUT2D eigenvalue weighted by molar-refractivity contribution is 9.10. The maximum absolute atomic E-state index is 12.3. The van der Waals surface area contributed by atoms with Gasteiger partial charge >= 0.3 is 0 Å². The van der Waals surface area contributed by atoms with Crippen molar-refractivity contribution in [2.75, 3.05) is 0 Å².